The zero-order valence-electron chi connectivity index (χ0n) is 16.9. The fourth-order valence-electron chi connectivity index (χ4n) is 3.62. The second kappa shape index (κ2) is 8.16. The Balaban J connectivity index is 1.62. The van der Waals surface area contributed by atoms with Crippen LogP contribution in [0.1, 0.15) is 51.1 Å². The van der Waals surface area contributed by atoms with Gasteiger partial charge in [0.2, 0.25) is 17.8 Å². The number of hydrogen-bond acceptors (Lipinski definition) is 6. The van der Waals surface area contributed by atoms with E-state index in [4.69, 9.17) is 0 Å². The van der Waals surface area contributed by atoms with Crippen molar-refractivity contribution in [3.05, 3.63) is 23.9 Å². The van der Waals surface area contributed by atoms with Gasteiger partial charge >= 0.3 is 6.18 Å². The Kier molecular flexibility index (Phi) is 5.69. The maximum Gasteiger partial charge on any atom is 0.433 e. The predicted molar refractivity (Wildman–Crippen MR) is 105 cm³/mol. The molecule has 4 rings (SSSR count). The molecular weight excluding hydrogens is 419 g/mol. The third-order valence-corrected chi connectivity index (χ3v) is 5.64. The Bertz CT molecular complexity index is 921. The SMILES string of the molecule is C[C@@H](Nc1nc(NC2CCC(F)(F)CC2)nc(-c2cccc(C(F)(F)F)n2)n1)C1CC1. The molecule has 0 aliphatic heterocycles. The van der Waals surface area contributed by atoms with E-state index in [0.29, 0.717) is 5.92 Å². The van der Waals surface area contributed by atoms with Gasteiger partial charge in [-0.15, -0.1) is 0 Å². The summed E-state index contributed by atoms with van der Waals surface area (Å²) in [5.41, 5.74) is -1.09. The van der Waals surface area contributed by atoms with Gasteiger partial charge in [0.1, 0.15) is 11.4 Å². The molecule has 6 nitrogen and oxygen atoms in total. The number of anilines is 2. The van der Waals surface area contributed by atoms with Gasteiger partial charge in [0.25, 0.3) is 0 Å². The average Bonchev–Trinajstić information content (AvgIpc) is 3.54. The summed E-state index contributed by atoms with van der Waals surface area (Å²) in [6.45, 7) is 1.99. The second-order valence-electron chi connectivity index (χ2n) is 8.26. The van der Waals surface area contributed by atoms with E-state index in [1.165, 1.54) is 12.1 Å². The topological polar surface area (TPSA) is 75.6 Å². The lowest BCUT2D eigenvalue weighted by molar-refractivity contribution is -0.141. The smallest absolute Gasteiger partial charge is 0.351 e. The van der Waals surface area contributed by atoms with E-state index in [2.05, 4.69) is 30.6 Å². The van der Waals surface area contributed by atoms with E-state index in [1.54, 1.807) is 0 Å². The summed E-state index contributed by atoms with van der Waals surface area (Å²) >= 11 is 0. The summed E-state index contributed by atoms with van der Waals surface area (Å²) in [7, 11) is 0. The zero-order valence-corrected chi connectivity index (χ0v) is 16.9. The highest BCUT2D eigenvalue weighted by molar-refractivity contribution is 5.54. The standard InChI is InChI=1S/C20H23F5N6/c1-11(12-5-6-12)26-17-29-16(14-3-2-4-15(28-14)20(23,24)25)30-18(31-17)27-13-7-9-19(21,22)10-8-13/h2-4,11-13H,5-10H2,1H3,(H2,26,27,29,30,31)/t11-/m1/s1. The Labute approximate surface area is 176 Å². The van der Waals surface area contributed by atoms with Crippen molar-refractivity contribution in [3.8, 4) is 11.5 Å². The molecule has 2 aromatic rings. The van der Waals surface area contributed by atoms with Gasteiger partial charge < -0.3 is 10.6 Å². The van der Waals surface area contributed by atoms with Gasteiger partial charge in [-0.3, -0.25) is 0 Å². The van der Waals surface area contributed by atoms with Gasteiger partial charge in [0.15, 0.2) is 5.82 Å². The van der Waals surface area contributed by atoms with Gasteiger partial charge in [0, 0.05) is 24.9 Å². The van der Waals surface area contributed by atoms with Crippen LogP contribution in [-0.4, -0.2) is 37.9 Å². The highest BCUT2D eigenvalue weighted by atomic mass is 19.4. The van der Waals surface area contributed by atoms with Crippen LogP contribution in [0.2, 0.25) is 0 Å². The molecule has 0 saturated heterocycles. The zero-order chi connectivity index (χ0) is 22.2. The summed E-state index contributed by atoms with van der Waals surface area (Å²) in [6, 6.07) is 3.35. The molecule has 168 valence electrons. The van der Waals surface area contributed by atoms with Crippen molar-refractivity contribution in [1.29, 1.82) is 0 Å². The molecule has 2 N–H and O–H groups in total. The number of rotatable bonds is 6. The molecule has 0 aromatic carbocycles. The number of aromatic nitrogens is 4. The Morgan fingerprint density at radius 3 is 2.29 bits per heavy atom. The minimum Gasteiger partial charge on any atom is -0.351 e. The van der Waals surface area contributed by atoms with E-state index in [-0.39, 0.29) is 61.2 Å². The Hall–Kier alpha value is -2.59. The third-order valence-electron chi connectivity index (χ3n) is 5.64. The lowest BCUT2D eigenvalue weighted by Gasteiger charge is -2.28. The maximum absolute atomic E-state index is 13.4. The number of halogens is 5. The van der Waals surface area contributed by atoms with Gasteiger partial charge in [-0.25, -0.2) is 13.8 Å². The molecule has 31 heavy (non-hydrogen) atoms. The van der Waals surface area contributed by atoms with Crippen LogP contribution < -0.4 is 10.6 Å². The van der Waals surface area contributed by atoms with Crippen molar-refractivity contribution in [2.75, 3.05) is 10.6 Å². The molecule has 11 heteroatoms. The van der Waals surface area contributed by atoms with Crippen LogP contribution in [0.15, 0.2) is 18.2 Å². The Morgan fingerprint density at radius 1 is 0.968 bits per heavy atom. The molecule has 0 unspecified atom stereocenters. The summed E-state index contributed by atoms with van der Waals surface area (Å²) in [5, 5.41) is 6.22. The molecule has 0 bridgehead atoms. The van der Waals surface area contributed by atoms with E-state index < -0.39 is 17.8 Å². The first-order valence-corrected chi connectivity index (χ1v) is 10.3. The Morgan fingerprint density at radius 2 is 1.65 bits per heavy atom. The molecule has 2 heterocycles. The third kappa shape index (κ3) is 5.56. The first-order valence-electron chi connectivity index (χ1n) is 10.3. The van der Waals surface area contributed by atoms with Crippen LogP contribution in [-0.2, 0) is 6.18 Å². The van der Waals surface area contributed by atoms with Crippen LogP contribution in [0.3, 0.4) is 0 Å². The van der Waals surface area contributed by atoms with E-state index in [9.17, 15) is 22.0 Å². The molecule has 0 radical (unpaired) electrons. The minimum absolute atomic E-state index is 0.0183. The normalized spacial score (nSPS) is 20.3. The van der Waals surface area contributed by atoms with Crippen LogP contribution in [0.25, 0.3) is 11.5 Å². The summed E-state index contributed by atoms with van der Waals surface area (Å²) in [4.78, 5) is 16.5. The summed E-state index contributed by atoms with van der Waals surface area (Å²) < 4.78 is 66.1. The van der Waals surface area contributed by atoms with Crippen molar-refractivity contribution in [2.24, 2.45) is 5.92 Å². The monoisotopic (exact) mass is 442 g/mol. The van der Waals surface area contributed by atoms with Crippen molar-refractivity contribution in [2.45, 2.75) is 69.6 Å². The van der Waals surface area contributed by atoms with E-state index >= 15 is 0 Å². The molecule has 2 fully saturated rings. The first-order chi connectivity index (χ1) is 14.6. The van der Waals surface area contributed by atoms with Crippen LogP contribution in [0.4, 0.5) is 33.8 Å². The van der Waals surface area contributed by atoms with Gasteiger partial charge in [0.05, 0.1) is 0 Å². The van der Waals surface area contributed by atoms with Crippen molar-refractivity contribution >= 4 is 11.9 Å². The van der Waals surface area contributed by atoms with Crippen molar-refractivity contribution in [3.63, 3.8) is 0 Å². The molecule has 0 amide bonds. The molecule has 2 aromatic heterocycles. The number of hydrogen-bond donors (Lipinski definition) is 2. The molecule has 1 atom stereocenters. The molecule has 2 aliphatic rings. The first kappa shape index (κ1) is 21.6. The van der Waals surface area contributed by atoms with E-state index in [1.807, 2.05) is 6.92 Å². The fraction of sp³-hybridized carbons (Fsp3) is 0.600. The fourth-order valence-corrected chi connectivity index (χ4v) is 3.62. The predicted octanol–water partition coefficient (Wildman–Crippen LogP) is 5.15. The molecular formula is C20H23F5N6. The lowest BCUT2D eigenvalue weighted by Crippen LogP contribution is -2.32. The summed E-state index contributed by atoms with van der Waals surface area (Å²) in [5.74, 6) is -1.85. The van der Waals surface area contributed by atoms with Crippen molar-refractivity contribution in [1.82, 2.24) is 19.9 Å². The number of nitrogens with zero attached hydrogens (tertiary/aromatic N) is 4. The van der Waals surface area contributed by atoms with Crippen LogP contribution in [0, 0.1) is 5.92 Å². The molecule has 2 aliphatic carbocycles. The molecule has 2 saturated carbocycles. The highest BCUT2D eigenvalue weighted by Gasteiger charge is 2.36. The van der Waals surface area contributed by atoms with Gasteiger partial charge in [-0.05, 0) is 50.7 Å². The van der Waals surface area contributed by atoms with Crippen LogP contribution >= 0.6 is 0 Å². The quantitative estimate of drug-likeness (QED) is 0.603. The second-order valence-corrected chi connectivity index (χ2v) is 8.26. The number of alkyl halides is 5. The minimum atomic E-state index is -4.60. The van der Waals surface area contributed by atoms with Crippen molar-refractivity contribution < 1.29 is 22.0 Å². The van der Waals surface area contributed by atoms with E-state index in [0.717, 1.165) is 18.9 Å². The lowest BCUT2D eigenvalue weighted by atomic mass is 9.92. The highest BCUT2D eigenvalue weighted by Crippen LogP contribution is 2.35. The summed E-state index contributed by atoms with van der Waals surface area (Å²) in [6.07, 6.45) is -2.40. The average molecular weight is 442 g/mol. The van der Waals surface area contributed by atoms with Gasteiger partial charge in [-0.2, -0.15) is 28.1 Å². The van der Waals surface area contributed by atoms with Gasteiger partial charge in [-0.1, -0.05) is 6.07 Å². The number of pyridine rings is 1. The maximum atomic E-state index is 13.4. The largest absolute Gasteiger partial charge is 0.433 e. The number of nitrogens with one attached hydrogen (secondary N) is 2. The van der Waals surface area contributed by atoms with Crippen LogP contribution in [0.5, 0.6) is 0 Å². The molecule has 0 spiro atoms.